The molecule has 0 saturated carbocycles. The molecule has 124 valence electrons. The summed E-state index contributed by atoms with van der Waals surface area (Å²) in [6, 6.07) is 14.5. The fourth-order valence-electron chi connectivity index (χ4n) is 1.99. The Morgan fingerprint density at radius 3 is 2.46 bits per heavy atom. The maximum Gasteiger partial charge on any atom is 0.270 e. The van der Waals surface area contributed by atoms with Crippen molar-refractivity contribution in [1.82, 2.24) is 10.9 Å². The Morgan fingerprint density at radius 1 is 1.08 bits per heavy atom. The van der Waals surface area contributed by atoms with E-state index in [2.05, 4.69) is 10.9 Å². The van der Waals surface area contributed by atoms with E-state index < -0.39 is 16.7 Å². The van der Waals surface area contributed by atoms with Crippen molar-refractivity contribution in [2.24, 2.45) is 0 Å². The Balaban J connectivity index is 1.88. The van der Waals surface area contributed by atoms with Crippen molar-refractivity contribution in [3.05, 3.63) is 70.3 Å². The van der Waals surface area contributed by atoms with Crippen molar-refractivity contribution < 1.29 is 14.5 Å². The molecule has 0 saturated heterocycles. The van der Waals surface area contributed by atoms with Crippen LogP contribution in [0.2, 0.25) is 0 Å². The van der Waals surface area contributed by atoms with Crippen molar-refractivity contribution in [3.8, 4) is 0 Å². The van der Waals surface area contributed by atoms with Crippen LogP contribution in [-0.4, -0.2) is 30.3 Å². The van der Waals surface area contributed by atoms with Crippen LogP contribution in [0.5, 0.6) is 0 Å². The lowest BCUT2D eigenvalue weighted by Gasteiger charge is -2.18. The summed E-state index contributed by atoms with van der Waals surface area (Å²) in [6.07, 6.45) is 0. The molecule has 2 aromatic carbocycles. The molecule has 0 aliphatic carbocycles. The summed E-state index contributed by atoms with van der Waals surface area (Å²) < 4.78 is 0. The van der Waals surface area contributed by atoms with Crippen LogP contribution in [-0.2, 0) is 4.79 Å². The van der Waals surface area contributed by atoms with E-state index in [-0.39, 0.29) is 17.8 Å². The van der Waals surface area contributed by atoms with Gasteiger partial charge in [-0.1, -0.05) is 24.3 Å². The first-order valence-corrected chi connectivity index (χ1v) is 7.07. The number of anilines is 1. The number of nitro groups is 1. The van der Waals surface area contributed by atoms with Gasteiger partial charge in [0.15, 0.2) is 0 Å². The molecular formula is C16H16N4O4. The van der Waals surface area contributed by atoms with Gasteiger partial charge in [0.25, 0.3) is 17.5 Å². The molecule has 0 atom stereocenters. The predicted molar refractivity (Wildman–Crippen MR) is 88.4 cm³/mol. The van der Waals surface area contributed by atoms with Crippen LogP contribution in [0.25, 0.3) is 0 Å². The predicted octanol–water partition coefficient (Wildman–Crippen LogP) is 1.49. The van der Waals surface area contributed by atoms with Crippen molar-refractivity contribution in [3.63, 3.8) is 0 Å². The average Bonchev–Trinajstić information content (AvgIpc) is 2.60. The summed E-state index contributed by atoms with van der Waals surface area (Å²) in [5.41, 5.74) is 5.26. The molecule has 2 amide bonds. The first-order valence-electron chi connectivity index (χ1n) is 7.07. The van der Waals surface area contributed by atoms with Gasteiger partial charge in [-0.15, -0.1) is 0 Å². The summed E-state index contributed by atoms with van der Waals surface area (Å²) in [5, 5.41) is 10.7. The van der Waals surface area contributed by atoms with Gasteiger partial charge >= 0.3 is 0 Å². The van der Waals surface area contributed by atoms with E-state index in [1.54, 1.807) is 11.9 Å². The second-order valence-corrected chi connectivity index (χ2v) is 5.00. The number of amides is 2. The third-order valence-electron chi connectivity index (χ3n) is 3.21. The minimum atomic E-state index is -0.630. The normalized spacial score (nSPS) is 9.88. The van der Waals surface area contributed by atoms with Crippen LogP contribution < -0.4 is 15.8 Å². The van der Waals surface area contributed by atoms with Crippen LogP contribution in [0, 0.1) is 10.1 Å². The van der Waals surface area contributed by atoms with Gasteiger partial charge in [-0.05, 0) is 18.2 Å². The number of hydrogen-bond donors (Lipinski definition) is 2. The van der Waals surface area contributed by atoms with Crippen molar-refractivity contribution >= 4 is 23.2 Å². The van der Waals surface area contributed by atoms with Crippen LogP contribution in [0.1, 0.15) is 10.4 Å². The first kappa shape index (κ1) is 16.9. The molecule has 8 heteroatoms. The Kier molecular flexibility index (Phi) is 5.45. The highest BCUT2D eigenvalue weighted by atomic mass is 16.6. The standard InChI is InChI=1S/C16H16N4O4/c1-19(13-7-3-2-4-8-13)11-15(21)17-18-16(22)12-6-5-9-14(10-12)20(23)24/h2-10H,11H2,1H3,(H,17,21)(H,18,22). The third kappa shape index (κ3) is 4.54. The lowest BCUT2D eigenvalue weighted by molar-refractivity contribution is -0.384. The van der Waals surface area contributed by atoms with Crippen LogP contribution in [0.15, 0.2) is 54.6 Å². The Bertz CT molecular complexity index is 749. The van der Waals surface area contributed by atoms with Gasteiger partial charge in [-0.2, -0.15) is 0 Å². The monoisotopic (exact) mass is 328 g/mol. The van der Waals surface area contributed by atoms with E-state index in [4.69, 9.17) is 0 Å². The summed E-state index contributed by atoms with van der Waals surface area (Å²) in [7, 11) is 1.75. The summed E-state index contributed by atoms with van der Waals surface area (Å²) in [4.78, 5) is 35.6. The largest absolute Gasteiger partial charge is 0.365 e. The number of hydrazine groups is 1. The van der Waals surface area contributed by atoms with E-state index in [1.165, 1.54) is 18.2 Å². The van der Waals surface area contributed by atoms with Gasteiger partial charge in [0.1, 0.15) is 0 Å². The number of nitrogens with one attached hydrogen (secondary N) is 2. The van der Waals surface area contributed by atoms with Gasteiger partial charge in [0.2, 0.25) is 0 Å². The second kappa shape index (κ2) is 7.73. The molecule has 0 fully saturated rings. The Morgan fingerprint density at radius 2 is 1.79 bits per heavy atom. The van der Waals surface area contributed by atoms with Gasteiger partial charge in [0.05, 0.1) is 11.5 Å². The molecule has 2 aromatic rings. The number of carbonyl (C=O) groups is 2. The van der Waals surface area contributed by atoms with E-state index in [9.17, 15) is 19.7 Å². The number of para-hydroxylation sites is 1. The molecule has 0 aromatic heterocycles. The summed E-state index contributed by atoms with van der Waals surface area (Å²) in [5.74, 6) is -1.05. The molecule has 8 nitrogen and oxygen atoms in total. The number of non-ortho nitro benzene ring substituents is 1. The third-order valence-corrected chi connectivity index (χ3v) is 3.21. The zero-order valence-electron chi connectivity index (χ0n) is 12.9. The zero-order chi connectivity index (χ0) is 17.5. The van der Waals surface area contributed by atoms with Crippen LogP contribution in [0.3, 0.4) is 0 Å². The molecule has 0 radical (unpaired) electrons. The molecule has 2 rings (SSSR count). The number of rotatable bonds is 5. The average molecular weight is 328 g/mol. The van der Waals surface area contributed by atoms with Crippen molar-refractivity contribution in [2.75, 3.05) is 18.5 Å². The van der Waals surface area contributed by atoms with Crippen molar-refractivity contribution in [2.45, 2.75) is 0 Å². The molecule has 0 heterocycles. The molecular weight excluding hydrogens is 312 g/mol. The fraction of sp³-hybridized carbons (Fsp3) is 0.125. The fourth-order valence-corrected chi connectivity index (χ4v) is 1.99. The number of carbonyl (C=O) groups excluding carboxylic acids is 2. The van der Waals surface area contributed by atoms with E-state index in [1.807, 2.05) is 30.3 Å². The lowest BCUT2D eigenvalue weighted by Crippen LogP contribution is -2.45. The van der Waals surface area contributed by atoms with Gasteiger partial charge in [-0.3, -0.25) is 30.6 Å². The van der Waals surface area contributed by atoms with Crippen LogP contribution in [0.4, 0.5) is 11.4 Å². The summed E-state index contributed by atoms with van der Waals surface area (Å²) in [6.45, 7) is 0.0409. The van der Waals surface area contributed by atoms with E-state index in [0.717, 1.165) is 11.8 Å². The SMILES string of the molecule is CN(CC(=O)NNC(=O)c1cccc([N+](=O)[O-])c1)c1ccccc1. The van der Waals surface area contributed by atoms with Gasteiger partial charge < -0.3 is 4.90 Å². The topological polar surface area (TPSA) is 105 Å². The first-order chi connectivity index (χ1) is 11.5. The molecule has 0 unspecified atom stereocenters. The molecule has 0 aliphatic rings. The molecule has 0 bridgehead atoms. The van der Waals surface area contributed by atoms with Crippen molar-refractivity contribution in [1.29, 1.82) is 0 Å². The highest BCUT2D eigenvalue weighted by Crippen LogP contribution is 2.13. The minimum absolute atomic E-state index is 0.0409. The van der Waals surface area contributed by atoms with Gasteiger partial charge in [0, 0.05) is 30.4 Å². The molecule has 24 heavy (non-hydrogen) atoms. The Labute approximate surface area is 138 Å². The minimum Gasteiger partial charge on any atom is -0.365 e. The number of nitro benzene ring substituents is 1. The molecule has 0 aliphatic heterocycles. The quantitative estimate of drug-likeness (QED) is 0.639. The maximum absolute atomic E-state index is 11.9. The van der Waals surface area contributed by atoms with E-state index in [0.29, 0.717) is 0 Å². The second-order valence-electron chi connectivity index (χ2n) is 5.00. The zero-order valence-corrected chi connectivity index (χ0v) is 12.9. The smallest absolute Gasteiger partial charge is 0.270 e. The van der Waals surface area contributed by atoms with Gasteiger partial charge in [-0.25, -0.2) is 0 Å². The molecule has 2 N–H and O–H groups in total. The summed E-state index contributed by atoms with van der Waals surface area (Å²) >= 11 is 0. The van der Waals surface area contributed by atoms with Crippen LogP contribution >= 0.6 is 0 Å². The lowest BCUT2D eigenvalue weighted by atomic mass is 10.2. The Hall–Kier alpha value is -3.42. The number of hydrogen-bond acceptors (Lipinski definition) is 5. The molecule has 0 spiro atoms. The number of benzene rings is 2. The maximum atomic E-state index is 11.9. The highest BCUT2D eigenvalue weighted by Gasteiger charge is 2.13. The number of nitrogens with zero attached hydrogens (tertiary/aromatic N) is 2. The van der Waals surface area contributed by atoms with E-state index >= 15 is 0 Å². The number of likely N-dealkylation sites (N-methyl/N-ethyl adjacent to an activating group) is 1. The highest BCUT2D eigenvalue weighted by molar-refractivity contribution is 5.96.